The molecule has 2 heterocycles. The maximum absolute atomic E-state index is 11.9. The summed E-state index contributed by atoms with van der Waals surface area (Å²) in [7, 11) is -3.00. The highest BCUT2D eigenvalue weighted by molar-refractivity contribution is 7.99. The van der Waals surface area contributed by atoms with Gasteiger partial charge in [0.1, 0.15) is 0 Å². The van der Waals surface area contributed by atoms with E-state index in [-0.39, 0.29) is 34.3 Å². The molecule has 1 saturated heterocycles. The van der Waals surface area contributed by atoms with Crippen molar-refractivity contribution in [2.24, 2.45) is 0 Å². The Balaban J connectivity index is 1.45. The number of hydrogen-bond acceptors (Lipinski definition) is 7. The largest absolute Gasteiger partial charge is 0.416 e. The summed E-state index contributed by atoms with van der Waals surface area (Å²) in [6, 6.07) is 7.22. The molecule has 134 valence electrons. The summed E-state index contributed by atoms with van der Waals surface area (Å²) in [5.74, 6) is 0.244. The number of amides is 1. The molecule has 1 unspecified atom stereocenters. The molecule has 0 bridgehead atoms. The second-order valence-corrected chi connectivity index (χ2v) is 9.29. The van der Waals surface area contributed by atoms with Crippen molar-refractivity contribution in [2.75, 3.05) is 17.3 Å². The van der Waals surface area contributed by atoms with Gasteiger partial charge >= 0.3 is 0 Å². The highest BCUT2D eigenvalue weighted by Gasteiger charge is 2.32. The van der Waals surface area contributed by atoms with E-state index in [9.17, 15) is 13.2 Å². The minimum Gasteiger partial charge on any atom is -0.416 e. The first-order valence-electron chi connectivity index (χ1n) is 7.59. The topological polar surface area (TPSA) is 102 Å². The molecule has 0 spiro atoms. The second-order valence-electron chi connectivity index (χ2n) is 5.70. The lowest BCUT2D eigenvalue weighted by atomic mass is 10.1. The summed E-state index contributed by atoms with van der Waals surface area (Å²) in [4.78, 5) is 11.9. The van der Waals surface area contributed by atoms with Crippen molar-refractivity contribution in [1.29, 1.82) is 0 Å². The number of carbonyl (C=O) groups is 1. The van der Waals surface area contributed by atoms with Gasteiger partial charge in [0.25, 0.3) is 5.22 Å². The van der Waals surface area contributed by atoms with E-state index in [1.54, 1.807) is 12.1 Å². The lowest BCUT2D eigenvalue weighted by molar-refractivity contribution is -0.118. The Bertz CT molecular complexity index is 852. The van der Waals surface area contributed by atoms with Crippen LogP contribution in [0.3, 0.4) is 0 Å². The van der Waals surface area contributed by atoms with Crippen molar-refractivity contribution in [3.8, 4) is 0 Å². The Kier molecular flexibility index (Phi) is 5.65. The van der Waals surface area contributed by atoms with Crippen LogP contribution in [-0.4, -0.2) is 41.8 Å². The van der Waals surface area contributed by atoms with Crippen LogP contribution in [0.1, 0.15) is 23.8 Å². The number of hydrogen-bond donors (Lipinski definition) is 1. The second kappa shape index (κ2) is 7.76. The van der Waals surface area contributed by atoms with E-state index in [0.717, 1.165) is 17.3 Å². The highest BCUT2D eigenvalue weighted by Crippen LogP contribution is 2.29. The van der Waals surface area contributed by atoms with Crippen LogP contribution in [-0.2, 0) is 21.2 Å². The summed E-state index contributed by atoms with van der Waals surface area (Å²) in [6.07, 6.45) is 0.496. The number of thioether (sulfide) groups is 1. The van der Waals surface area contributed by atoms with Gasteiger partial charge in [-0.25, -0.2) is 8.42 Å². The number of carbonyl (C=O) groups excluding carboxylic acids is 1. The number of benzene rings is 1. The molecule has 0 aliphatic carbocycles. The van der Waals surface area contributed by atoms with Crippen molar-refractivity contribution in [3.63, 3.8) is 0 Å². The van der Waals surface area contributed by atoms with E-state index in [4.69, 9.17) is 16.0 Å². The smallest absolute Gasteiger partial charge is 0.277 e. The summed E-state index contributed by atoms with van der Waals surface area (Å²) in [5.41, 5.74) is 0.949. The summed E-state index contributed by atoms with van der Waals surface area (Å²) in [5, 5.41) is 11.5. The molecule has 1 N–H and O–H groups in total. The molecule has 2 aromatic rings. The number of sulfone groups is 1. The van der Waals surface area contributed by atoms with Gasteiger partial charge in [0.2, 0.25) is 11.8 Å². The lowest BCUT2D eigenvalue weighted by Gasteiger charge is -2.04. The zero-order valence-corrected chi connectivity index (χ0v) is 15.5. The molecule has 1 aliphatic heterocycles. The Hall–Kier alpha value is -1.58. The minimum absolute atomic E-state index is 0.0425. The first-order chi connectivity index (χ1) is 11.9. The molecule has 1 aliphatic rings. The molecule has 0 radical (unpaired) electrons. The highest BCUT2D eigenvalue weighted by atomic mass is 35.5. The molecule has 1 fully saturated rings. The molecular formula is C15H16ClN3O4S2. The standard InChI is InChI=1S/C15H16ClN3O4S2/c16-12-3-1-10(2-4-12)7-17-13(20)8-24-15-19-18-14(23-15)11-5-6-25(21,22)9-11/h1-4,11H,5-9H2,(H,17,20). The minimum atomic E-state index is -3.00. The van der Waals surface area contributed by atoms with Crippen molar-refractivity contribution in [3.05, 3.63) is 40.7 Å². The van der Waals surface area contributed by atoms with Gasteiger partial charge in [-0.3, -0.25) is 4.79 Å². The number of nitrogens with zero attached hydrogens (tertiary/aromatic N) is 2. The average Bonchev–Trinajstić information content (AvgIpc) is 3.18. The molecule has 0 saturated carbocycles. The van der Waals surface area contributed by atoms with Gasteiger partial charge in [0.15, 0.2) is 9.84 Å². The average molecular weight is 402 g/mol. The van der Waals surface area contributed by atoms with Crippen LogP contribution in [0.15, 0.2) is 33.9 Å². The summed E-state index contributed by atoms with van der Waals surface area (Å²) >= 11 is 6.93. The van der Waals surface area contributed by atoms with E-state index in [2.05, 4.69) is 15.5 Å². The molecule has 1 amide bonds. The third kappa shape index (κ3) is 5.20. The van der Waals surface area contributed by atoms with Crippen molar-refractivity contribution in [2.45, 2.75) is 24.1 Å². The molecular weight excluding hydrogens is 386 g/mol. The molecule has 1 atom stereocenters. The zero-order chi connectivity index (χ0) is 17.9. The predicted octanol–water partition coefficient (Wildman–Crippen LogP) is 2.03. The number of aromatic nitrogens is 2. The first-order valence-corrected chi connectivity index (χ1v) is 10.8. The molecule has 25 heavy (non-hydrogen) atoms. The van der Waals surface area contributed by atoms with Crippen molar-refractivity contribution >= 4 is 39.1 Å². The number of nitrogens with one attached hydrogen (secondary N) is 1. The molecule has 7 nitrogen and oxygen atoms in total. The third-order valence-electron chi connectivity index (χ3n) is 3.73. The van der Waals surface area contributed by atoms with Crippen LogP contribution < -0.4 is 5.32 Å². The van der Waals surface area contributed by atoms with Crippen LogP contribution in [0, 0.1) is 0 Å². The Labute approximate surface area is 154 Å². The first kappa shape index (κ1) is 18.2. The van der Waals surface area contributed by atoms with Crippen molar-refractivity contribution < 1.29 is 17.6 Å². The fraction of sp³-hybridized carbons (Fsp3) is 0.400. The molecule has 1 aromatic carbocycles. The van der Waals surface area contributed by atoms with Crippen molar-refractivity contribution in [1.82, 2.24) is 15.5 Å². The van der Waals surface area contributed by atoms with Crippen LogP contribution in [0.25, 0.3) is 0 Å². The van der Waals surface area contributed by atoms with Gasteiger partial charge in [0.05, 0.1) is 23.2 Å². The molecule has 10 heteroatoms. The van der Waals surface area contributed by atoms with Gasteiger partial charge < -0.3 is 9.73 Å². The van der Waals surface area contributed by atoms with E-state index in [1.165, 1.54) is 0 Å². The van der Waals surface area contributed by atoms with E-state index >= 15 is 0 Å². The van der Waals surface area contributed by atoms with Crippen LogP contribution in [0.5, 0.6) is 0 Å². The Morgan fingerprint density at radius 1 is 1.32 bits per heavy atom. The maximum Gasteiger partial charge on any atom is 0.277 e. The SMILES string of the molecule is O=C(CSc1nnc(C2CCS(=O)(=O)C2)o1)NCc1ccc(Cl)cc1. The summed E-state index contributed by atoms with van der Waals surface area (Å²) in [6.45, 7) is 0.408. The predicted molar refractivity (Wildman–Crippen MR) is 94.3 cm³/mol. The maximum atomic E-state index is 11.9. The Morgan fingerprint density at radius 2 is 2.08 bits per heavy atom. The zero-order valence-electron chi connectivity index (χ0n) is 13.1. The molecule has 3 rings (SSSR count). The fourth-order valence-electron chi connectivity index (χ4n) is 2.41. The Morgan fingerprint density at radius 3 is 2.76 bits per heavy atom. The van der Waals surface area contributed by atoms with Gasteiger partial charge in [-0.1, -0.05) is 35.5 Å². The fourth-order valence-corrected chi connectivity index (χ4v) is 4.87. The van der Waals surface area contributed by atoms with Crippen LogP contribution >= 0.6 is 23.4 Å². The van der Waals surface area contributed by atoms with Crippen LogP contribution in [0.2, 0.25) is 5.02 Å². The van der Waals surface area contributed by atoms with Gasteiger partial charge in [0, 0.05) is 11.6 Å². The molecule has 1 aromatic heterocycles. The van der Waals surface area contributed by atoms with Gasteiger partial charge in [-0.15, -0.1) is 10.2 Å². The van der Waals surface area contributed by atoms with Gasteiger partial charge in [-0.05, 0) is 24.1 Å². The third-order valence-corrected chi connectivity index (χ3v) is 6.57. The number of halogens is 1. The quantitative estimate of drug-likeness (QED) is 0.738. The van der Waals surface area contributed by atoms with E-state index in [1.807, 2.05) is 12.1 Å². The normalized spacial score (nSPS) is 19.0. The summed E-state index contributed by atoms with van der Waals surface area (Å²) < 4.78 is 28.4. The number of rotatable bonds is 6. The van der Waals surface area contributed by atoms with Crippen LogP contribution in [0.4, 0.5) is 0 Å². The van der Waals surface area contributed by atoms with E-state index in [0.29, 0.717) is 23.9 Å². The van der Waals surface area contributed by atoms with Gasteiger partial charge in [-0.2, -0.15) is 0 Å². The monoisotopic (exact) mass is 401 g/mol. The lowest BCUT2D eigenvalue weighted by Crippen LogP contribution is -2.24. The van der Waals surface area contributed by atoms with E-state index < -0.39 is 9.84 Å².